The highest BCUT2D eigenvalue weighted by molar-refractivity contribution is 6.23. The highest BCUT2D eigenvalue weighted by Crippen LogP contribution is 2.45. The van der Waals surface area contributed by atoms with Crippen molar-refractivity contribution in [2.75, 3.05) is 0 Å². The zero-order valence-electron chi connectivity index (χ0n) is 20.5. The molecule has 0 aliphatic rings. The predicted octanol–water partition coefficient (Wildman–Crippen LogP) is 10.4. The molecule has 0 atom stereocenters. The smallest absolute Gasteiger partial charge is 0.200 e. The number of rotatable bonds is 3. The maximum atomic E-state index is 15.5. The highest BCUT2D eigenvalue weighted by atomic mass is 19.2. The zero-order valence-corrected chi connectivity index (χ0v) is 20.5. The number of fused-ring (bicyclic) bond motifs is 5. The standard InChI is InChI=1S/C32H13F9/c1-2-13-24(33)22(26(35)29(38)25(13)34)20-11-18-15-8-4-6-10-17(15)21(12-19(18)14-7-3-5-9-16(14)20)23-27(36)30(39)32(41)31(40)28(23)37/h2-12H,1H2. The summed E-state index contributed by atoms with van der Waals surface area (Å²) in [7, 11) is 0. The first kappa shape index (κ1) is 26.4. The maximum absolute atomic E-state index is 15.5. The average molecular weight is 568 g/mol. The summed E-state index contributed by atoms with van der Waals surface area (Å²) in [6, 6.07) is 14.4. The molecule has 0 N–H and O–H groups in total. The lowest BCUT2D eigenvalue weighted by Gasteiger charge is -2.18. The van der Waals surface area contributed by atoms with Crippen LogP contribution in [0.4, 0.5) is 39.5 Å². The van der Waals surface area contributed by atoms with Crippen LogP contribution in [0.3, 0.4) is 0 Å². The molecule has 0 nitrogen and oxygen atoms in total. The van der Waals surface area contributed by atoms with Crippen LogP contribution in [0.1, 0.15) is 5.56 Å². The Bertz CT molecular complexity index is 2080. The minimum atomic E-state index is -2.31. The number of halogens is 9. The van der Waals surface area contributed by atoms with Gasteiger partial charge < -0.3 is 0 Å². The van der Waals surface area contributed by atoms with E-state index in [9.17, 15) is 30.7 Å². The van der Waals surface area contributed by atoms with Crippen LogP contribution in [-0.4, -0.2) is 0 Å². The molecule has 0 saturated heterocycles. The van der Waals surface area contributed by atoms with Crippen LogP contribution in [0.15, 0.2) is 67.2 Å². The van der Waals surface area contributed by atoms with Crippen LogP contribution in [0.5, 0.6) is 0 Å². The Morgan fingerprint density at radius 3 is 1.15 bits per heavy atom. The van der Waals surface area contributed by atoms with Crippen LogP contribution in [0.2, 0.25) is 0 Å². The van der Waals surface area contributed by atoms with Gasteiger partial charge in [0.25, 0.3) is 0 Å². The van der Waals surface area contributed by atoms with Gasteiger partial charge in [-0.3, -0.25) is 0 Å². The Hall–Kier alpha value is -4.79. The third-order valence-electron chi connectivity index (χ3n) is 7.13. The number of hydrogen-bond donors (Lipinski definition) is 0. The summed E-state index contributed by atoms with van der Waals surface area (Å²) in [5.74, 6) is -17.5. The van der Waals surface area contributed by atoms with E-state index in [1.807, 2.05) is 0 Å². The van der Waals surface area contributed by atoms with Crippen LogP contribution < -0.4 is 0 Å². The minimum Gasteiger partial charge on any atom is -0.205 e. The van der Waals surface area contributed by atoms with E-state index in [0.717, 1.165) is 0 Å². The second-order valence-electron chi connectivity index (χ2n) is 9.23. The van der Waals surface area contributed by atoms with E-state index in [2.05, 4.69) is 6.58 Å². The van der Waals surface area contributed by atoms with E-state index in [4.69, 9.17) is 0 Å². The molecule has 0 radical (unpaired) electrons. The Morgan fingerprint density at radius 2 is 0.732 bits per heavy atom. The molecule has 0 aromatic heterocycles. The van der Waals surface area contributed by atoms with Crippen LogP contribution in [0.25, 0.3) is 60.6 Å². The molecule has 41 heavy (non-hydrogen) atoms. The summed E-state index contributed by atoms with van der Waals surface area (Å²) in [5.41, 5.74) is -3.39. The summed E-state index contributed by atoms with van der Waals surface area (Å²) >= 11 is 0. The topological polar surface area (TPSA) is 0 Å². The van der Waals surface area contributed by atoms with E-state index in [1.54, 1.807) is 6.07 Å². The lowest BCUT2D eigenvalue weighted by atomic mass is 9.87. The Labute approximate surface area is 225 Å². The molecule has 0 bridgehead atoms. The molecular weight excluding hydrogens is 555 g/mol. The fraction of sp³-hybridized carbons (Fsp3) is 0. The summed E-state index contributed by atoms with van der Waals surface area (Å²) in [6.07, 6.45) is 0.714. The fourth-order valence-corrected chi connectivity index (χ4v) is 5.27. The largest absolute Gasteiger partial charge is 0.205 e. The van der Waals surface area contributed by atoms with Gasteiger partial charge in [-0.2, -0.15) is 0 Å². The van der Waals surface area contributed by atoms with Gasteiger partial charge in [0.15, 0.2) is 40.7 Å². The molecule has 0 amide bonds. The molecule has 0 spiro atoms. The predicted molar refractivity (Wildman–Crippen MR) is 140 cm³/mol. The summed E-state index contributed by atoms with van der Waals surface area (Å²) in [5, 5.41) is 1.16. The first-order chi connectivity index (χ1) is 19.6. The summed E-state index contributed by atoms with van der Waals surface area (Å²) in [4.78, 5) is 0. The van der Waals surface area contributed by atoms with E-state index < -0.39 is 69.0 Å². The van der Waals surface area contributed by atoms with E-state index in [0.29, 0.717) is 6.08 Å². The van der Waals surface area contributed by atoms with Gasteiger partial charge in [-0.05, 0) is 55.6 Å². The first-order valence-electron chi connectivity index (χ1n) is 12.0. The molecule has 0 unspecified atom stereocenters. The third kappa shape index (κ3) is 3.65. The van der Waals surface area contributed by atoms with Crippen molar-refractivity contribution in [2.45, 2.75) is 0 Å². The van der Waals surface area contributed by atoms with Crippen molar-refractivity contribution < 1.29 is 39.5 Å². The van der Waals surface area contributed by atoms with Gasteiger partial charge in [-0.25, -0.2) is 39.5 Å². The highest BCUT2D eigenvalue weighted by Gasteiger charge is 2.29. The molecule has 6 rings (SSSR count). The van der Waals surface area contributed by atoms with Crippen LogP contribution in [-0.2, 0) is 0 Å². The normalized spacial score (nSPS) is 11.6. The quantitative estimate of drug-likeness (QED) is 0.0863. The molecule has 9 heteroatoms. The molecule has 204 valence electrons. The van der Waals surface area contributed by atoms with Gasteiger partial charge in [0.2, 0.25) is 5.82 Å². The zero-order chi connectivity index (χ0) is 29.3. The van der Waals surface area contributed by atoms with Crippen molar-refractivity contribution in [2.24, 2.45) is 0 Å². The summed E-state index contributed by atoms with van der Waals surface area (Å²) in [6.45, 7) is 3.27. The monoisotopic (exact) mass is 568 g/mol. The second kappa shape index (κ2) is 9.40. The van der Waals surface area contributed by atoms with Crippen LogP contribution >= 0.6 is 0 Å². The van der Waals surface area contributed by atoms with Crippen molar-refractivity contribution in [1.82, 2.24) is 0 Å². The molecule has 0 heterocycles. The molecule has 6 aromatic carbocycles. The summed E-state index contributed by atoms with van der Waals surface area (Å²) < 4.78 is 132. The van der Waals surface area contributed by atoms with Crippen LogP contribution in [0, 0.1) is 52.4 Å². The Balaban J connectivity index is 1.83. The van der Waals surface area contributed by atoms with Gasteiger partial charge in [-0.1, -0.05) is 61.2 Å². The first-order valence-corrected chi connectivity index (χ1v) is 12.0. The van der Waals surface area contributed by atoms with Crippen molar-refractivity contribution in [3.8, 4) is 22.3 Å². The maximum Gasteiger partial charge on any atom is 0.200 e. The molecule has 0 fully saturated rings. The number of benzene rings is 6. The molecule has 6 aromatic rings. The molecule has 0 aliphatic heterocycles. The molecule has 0 saturated carbocycles. The molecule has 0 aliphatic carbocycles. The van der Waals surface area contributed by atoms with Gasteiger partial charge in [0, 0.05) is 5.56 Å². The van der Waals surface area contributed by atoms with Crippen molar-refractivity contribution in [3.63, 3.8) is 0 Å². The average Bonchev–Trinajstić information content (AvgIpc) is 2.98. The Kier molecular flexibility index (Phi) is 6.06. The Morgan fingerprint density at radius 1 is 0.390 bits per heavy atom. The van der Waals surface area contributed by atoms with E-state index in [1.165, 1.54) is 54.6 Å². The van der Waals surface area contributed by atoms with Gasteiger partial charge in [0.1, 0.15) is 5.82 Å². The lowest BCUT2D eigenvalue weighted by Crippen LogP contribution is -2.05. The van der Waals surface area contributed by atoms with Gasteiger partial charge in [-0.15, -0.1) is 0 Å². The van der Waals surface area contributed by atoms with Gasteiger partial charge >= 0.3 is 0 Å². The van der Waals surface area contributed by atoms with Crippen molar-refractivity contribution >= 4 is 38.4 Å². The third-order valence-corrected chi connectivity index (χ3v) is 7.13. The second-order valence-corrected chi connectivity index (χ2v) is 9.23. The van der Waals surface area contributed by atoms with E-state index >= 15 is 8.78 Å². The number of hydrogen-bond acceptors (Lipinski definition) is 0. The van der Waals surface area contributed by atoms with E-state index in [-0.39, 0.29) is 43.4 Å². The minimum absolute atomic E-state index is 0.0578. The van der Waals surface area contributed by atoms with Crippen molar-refractivity contribution in [3.05, 3.63) is 125 Å². The van der Waals surface area contributed by atoms with Gasteiger partial charge in [0.05, 0.1) is 11.1 Å². The lowest BCUT2D eigenvalue weighted by molar-refractivity contribution is 0.381. The fourth-order valence-electron chi connectivity index (χ4n) is 5.27. The SMILES string of the molecule is C=Cc1c(F)c(F)c(F)c(-c2cc3c4ccccc4c(-c4c(F)c(F)c(F)c(F)c4F)cc3c3ccccc23)c1F. The van der Waals surface area contributed by atoms with Crippen molar-refractivity contribution in [1.29, 1.82) is 0 Å². The molecular formula is C32H13F9.